The van der Waals surface area contributed by atoms with Gasteiger partial charge in [0.2, 0.25) is 5.95 Å². The van der Waals surface area contributed by atoms with E-state index in [1.807, 2.05) is 37.2 Å². The van der Waals surface area contributed by atoms with Gasteiger partial charge in [0.25, 0.3) is 5.69 Å². The molecular formula is C18H24N6O2. The summed E-state index contributed by atoms with van der Waals surface area (Å²) >= 11 is 0. The molecule has 1 aliphatic heterocycles. The summed E-state index contributed by atoms with van der Waals surface area (Å²) in [4.78, 5) is 23.7. The Labute approximate surface area is 153 Å². The number of nitrogens with one attached hydrogen (secondary N) is 1. The molecule has 1 aliphatic rings. The van der Waals surface area contributed by atoms with Crippen molar-refractivity contribution in [3.05, 3.63) is 52.2 Å². The molecule has 0 unspecified atom stereocenters. The van der Waals surface area contributed by atoms with Crippen LogP contribution in [0.25, 0.3) is 0 Å². The van der Waals surface area contributed by atoms with E-state index in [0.29, 0.717) is 18.5 Å². The van der Waals surface area contributed by atoms with Gasteiger partial charge in [-0.1, -0.05) is 18.2 Å². The van der Waals surface area contributed by atoms with E-state index in [1.54, 1.807) is 18.3 Å². The van der Waals surface area contributed by atoms with Gasteiger partial charge >= 0.3 is 0 Å². The van der Waals surface area contributed by atoms with Gasteiger partial charge in [-0.2, -0.15) is 4.98 Å². The van der Waals surface area contributed by atoms with Crippen LogP contribution in [0.2, 0.25) is 0 Å². The summed E-state index contributed by atoms with van der Waals surface area (Å²) < 4.78 is 0. The molecule has 1 N–H and O–H groups in total. The van der Waals surface area contributed by atoms with Crippen LogP contribution < -0.4 is 10.2 Å². The number of nitrogens with zero attached hydrogens (tertiary/aromatic N) is 5. The number of rotatable bonds is 6. The standard InChI is InChI=1S/C18H24N6O2/c1-22(2)18-19-10-7-17(21-18)20-15-8-11-23(12-9-15)13-14-5-3-4-6-16(14)24(25)26/h3-7,10,15H,8-9,11-13H2,1-2H3,(H,19,20,21). The van der Waals surface area contributed by atoms with Gasteiger partial charge in [0.05, 0.1) is 4.92 Å². The minimum atomic E-state index is -0.304. The van der Waals surface area contributed by atoms with Crippen LogP contribution in [0, 0.1) is 10.1 Å². The molecular weight excluding hydrogens is 332 g/mol. The Kier molecular flexibility index (Phi) is 5.62. The molecule has 0 aliphatic carbocycles. The van der Waals surface area contributed by atoms with E-state index in [9.17, 15) is 10.1 Å². The predicted octanol–water partition coefficient (Wildman–Crippen LogP) is 2.53. The molecule has 1 aromatic heterocycles. The number of aromatic nitrogens is 2. The minimum absolute atomic E-state index is 0.199. The monoisotopic (exact) mass is 356 g/mol. The van der Waals surface area contributed by atoms with E-state index >= 15 is 0 Å². The SMILES string of the molecule is CN(C)c1nccc(NC2CCN(Cc3ccccc3[N+](=O)[O-])CC2)n1. The number of piperidine rings is 1. The van der Waals surface area contributed by atoms with E-state index in [4.69, 9.17) is 0 Å². The maximum atomic E-state index is 11.2. The smallest absolute Gasteiger partial charge is 0.273 e. The van der Waals surface area contributed by atoms with Gasteiger partial charge in [0.15, 0.2) is 0 Å². The molecule has 0 spiro atoms. The van der Waals surface area contributed by atoms with Crippen LogP contribution in [0.4, 0.5) is 17.5 Å². The first-order chi connectivity index (χ1) is 12.5. The van der Waals surface area contributed by atoms with Crippen LogP contribution in [0.3, 0.4) is 0 Å². The second kappa shape index (κ2) is 8.09. The highest BCUT2D eigenvalue weighted by molar-refractivity contribution is 5.41. The van der Waals surface area contributed by atoms with E-state index in [1.165, 1.54) is 0 Å². The fraction of sp³-hybridized carbons (Fsp3) is 0.444. The van der Waals surface area contributed by atoms with Crippen LogP contribution in [-0.2, 0) is 6.54 Å². The summed E-state index contributed by atoms with van der Waals surface area (Å²) in [7, 11) is 3.83. The normalized spacial score (nSPS) is 15.6. The van der Waals surface area contributed by atoms with E-state index in [2.05, 4.69) is 20.2 Å². The average molecular weight is 356 g/mol. The molecule has 2 heterocycles. The lowest BCUT2D eigenvalue weighted by molar-refractivity contribution is -0.385. The summed E-state index contributed by atoms with van der Waals surface area (Å²) in [5.41, 5.74) is 0.972. The van der Waals surface area contributed by atoms with Crippen molar-refractivity contribution in [1.82, 2.24) is 14.9 Å². The van der Waals surface area contributed by atoms with Crippen LogP contribution >= 0.6 is 0 Å². The lowest BCUT2D eigenvalue weighted by Crippen LogP contribution is -2.39. The molecule has 8 heteroatoms. The van der Waals surface area contributed by atoms with Gasteiger partial charge in [-0.25, -0.2) is 4.98 Å². The van der Waals surface area contributed by atoms with Crippen molar-refractivity contribution in [3.8, 4) is 0 Å². The number of hydrogen-bond acceptors (Lipinski definition) is 7. The van der Waals surface area contributed by atoms with Gasteiger partial charge < -0.3 is 10.2 Å². The van der Waals surface area contributed by atoms with Crippen molar-refractivity contribution in [1.29, 1.82) is 0 Å². The van der Waals surface area contributed by atoms with Crippen molar-refractivity contribution in [2.75, 3.05) is 37.4 Å². The quantitative estimate of drug-likeness (QED) is 0.628. The molecule has 0 atom stereocenters. The summed E-state index contributed by atoms with van der Waals surface area (Å²) in [6.07, 6.45) is 3.71. The van der Waals surface area contributed by atoms with Crippen LogP contribution in [0.1, 0.15) is 18.4 Å². The molecule has 0 amide bonds. The summed E-state index contributed by atoms with van der Waals surface area (Å²) in [6, 6.07) is 9.21. The van der Waals surface area contributed by atoms with Gasteiger partial charge in [-0.05, 0) is 18.9 Å². The third-order valence-corrected chi connectivity index (χ3v) is 4.56. The average Bonchev–Trinajstić information content (AvgIpc) is 2.64. The first kappa shape index (κ1) is 18.1. The lowest BCUT2D eigenvalue weighted by atomic mass is 10.0. The number of nitro groups is 1. The highest BCUT2D eigenvalue weighted by atomic mass is 16.6. The summed E-state index contributed by atoms with van der Waals surface area (Å²) in [5.74, 6) is 1.52. The molecule has 26 heavy (non-hydrogen) atoms. The number of benzene rings is 1. The Morgan fingerprint density at radius 1 is 1.27 bits per heavy atom. The van der Waals surface area contributed by atoms with Crippen molar-refractivity contribution < 1.29 is 4.92 Å². The van der Waals surface area contributed by atoms with Gasteiger partial charge in [0.1, 0.15) is 5.82 Å². The highest BCUT2D eigenvalue weighted by Gasteiger charge is 2.22. The van der Waals surface area contributed by atoms with E-state index < -0.39 is 0 Å². The Bertz CT molecular complexity index is 759. The van der Waals surface area contributed by atoms with Gasteiger partial charge in [-0.15, -0.1) is 0 Å². The molecule has 1 aromatic carbocycles. The zero-order chi connectivity index (χ0) is 18.5. The molecule has 2 aromatic rings. The van der Waals surface area contributed by atoms with Crippen molar-refractivity contribution in [3.63, 3.8) is 0 Å². The minimum Gasteiger partial charge on any atom is -0.367 e. The predicted molar refractivity (Wildman–Crippen MR) is 101 cm³/mol. The zero-order valence-electron chi connectivity index (χ0n) is 15.1. The molecule has 0 saturated carbocycles. The summed E-state index contributed by atoms with van der Waals surface area (Å²) in [5, 5.41) is 14.6. The molecule has 3 rings (SSSR count). The zero-order valence-corrected chi connectivity index (χ0v) is 15.1. The van der Waals surface area contributed by atoms with Crippen LogP contribution in [0.15, 0.2) is 36.5 Å². The lowest BCUT2D eigenvalue weighted by Gasteiger charge is -2.32. The Balaban J connectivity index is 1.55. The maximum absolute atomic E-state index is 11.2. The van der Waals surface area contributed by atoms with E-state index in [0.717, 1.165) is 37.3 Å². The number of hydrogen-bond donors (Lipinski definition) is 1. The van der Waals surface area contributed by atoms with Crippen molar-refractivity contribution in [2.45, 2.75) is 25.4 Å². The van der Waals surface area contributed by atoms with Crippen molar-refractivity contribution in [2.24, 2.45) is 0 Å². The molecule has 8 nitrogen and oxygen atoms in total. The fourth-order valence-electron chi connectivity index (χ4n) is 3.15. The Hall–Kier alpha value is -2.74. The van der Waals surface area contributed by atoms with Crippen molar-refractivity contribution >= 4 is 17.5 Å². The third kappa shape index (κ3) is 4.45. The maximum Gasteiger partial charge on any atom is 0.273 e. The molecule has 0 radical (unpaired) electrons. The Morgan fingerprint density at radius 2 is 2.00 bits per heavy atom. The molecule has 138 valence electrons. The van der Waals surface area contributed by atoms with Gasteiger partial charge in [0, 0.05) is 57.6 Å². The first-order valence-electron chi connectivity index (χ1n) is 8.74. The summed E-state index contributed by atoms with van der Waals surface area (Å²) in [6.45, 7) is 2.41. The molecule has 1 fully saturated rings. The second-order valence-electron chi connectivity index (χ2n) is 6.72. The van der Waals surface area contributed by atoms with Gasteiger partial charge in [-0.3, -0.25) is 15.0 Å². The highest BCUT2D eigenvalue weighted by Crippen LogP contribution is 2.22. The number of nitro benzene ring substituents is 1. The Morgan fingerprint density at radius 3 is 2.69 bits per heavy atom. The first-order valence-corrected chi connectivity index (χ1v) is 8.74. The largest absolute Gasteiger partial charge is 0.367 e. The van der Waals surface area contributed by atoms with Crippen LogP contribution in [-0.4, -0.2) is 53.0 Å². The topological polar surface area (TPSA) is 87.4 Å². The third-order valence-electron chi connectivity index (χ3n) is 4.56. The van der Waals surface area contributed by atoms with E-state index in [-0.39, 0.29) is 10.6 Å². The fourth-order valence-corrected chi connectivity index (χ4v) is 3.15. The second-order valence-corrected chi connectivity index (χ2v) is 6.72. The number of anilines is 2. The molecule has 1 saturated heterocycles. The number of para-hydroxylation sites is 1. The van der Waals surface area contributed by atoms with Crippen LogP contribution in [0.5, 0.6) is 0 Å². The molecule has 0 bridgehead atoms. The number of likely N-dealkylation sites (tertiary alicyclic amines) is 1.